The third-order valence-electron chi connectivity index (χ3n) is 6.40. The van der Waals surface area contributed by atoms with Crippen molar-refractivity contribution in [3.05, 3.63) is 53.7 Å². The van der Waals surface area contributed by atoms with E-state index in [-0.39, 0.29) is 0 Å². The monoisotopic (exact) mass is 476 g/mol. The van der Waals surface area contributed by atoms with Crippen molar-refractivity contribution in [1.29, 1.82) is 0 Å². The van der Waals surface area contributed by atoms with Gasteiger partial charge in [-0.2, -0.15) is 0 Å². The first-order chi connectivity index (χ1) is 17.1. The number of piperidine rings is 1. The van der Waals surface area contributed by atoms with Gasteiger partial charge in [-0.05, 0) is 43.2 Å². The van der Waals surface area contributed by atoms with Gasteiger partial charge in [-0.1, -0.05) is 36.4 Å². The average molecular weight is 477 g/mol. The van der Waals surface area contributed by atoms with E-state index in [0.717, 1.165) is 60.3 Å². The summed E-state index contributed by atoms with van der Waals surface area (Å²) in [5.41, 5.74) is 3.29. The van der Waals surface area contributed by atoms with E-state index in [9.17, 15) is 4.79 Å². The highest BCUT2D eigenvalue weighted by molar-refractivity contribution is 5.84. The second-order valence-corrected chi connectivity index (χ2v) is 8.68. The first kappa shape index (κ1) is 24.3. The van der Waals surface area contributed by atoms with E-state index in [4.69, 9.17) is 24.5 Å². The molecule has 0 unspecified atom stereocenters. The molecule has 0 radical (unpaired) electrons. The number of likely N-dealkylation sites (tertiary alicyclic amines) is 1. The summed E-state index contributed by atoms with van der Waals surface area (Å²) in [7, 11) is 3.21. The van der Waals surface area contributed by atoms with Crippen LogP contribution in [0, 0.1) is 5.92 Å². The molecule has 0 spiro atoms. The van der Waals surface area contributed by atoms with Crippen molar-refractivity contribution in [1.82, 2.24) is 14.9 Å². The number of nitrogens with zero attached hydrogens (tertiary/aromatic N) is 3. The molecular formula is C27H32N4O4. The molecular weight excluding hydrogens is 444 g/mol. The molecule has 1 fully saturated rings. The summed E-state index contributed by atoms with van der Waals surface area (Å²) in [5, 5.41) is 12.6. The molecule has 1 aromatic heterocycles. The molecule has 1 aliphatic heterocycles. The van der Waals surface area contributed by atoms with E-state index in [0.29, 0.717) is 30.5 Å². The number of fused-ring (bicyclic) bond motifs is 1. The van der Waals surface area contributed by atoms with Gasteiger partial charge in [0.25, 0.3) is 0 Å². The summed E-state index contributed by atoms with van der Waals surface area (Å²) >= 11 is 0. The fourth-order valence-electron chi connectivity index (χ4n) is 4.39. The number of nitrogens with one attached hydrogen (secondary N) is 1. The van der Waals surface area contributed by atoms with Crippen LogP contribution in [0.4, 0.5) is 10.6 Å². The Labute approximate surface area is 205 Å². The van der Waals surface area contributed by atoms with Crippen LogP contribution in [0.5, 0.6) is 11.5 Å². The lowest BCUT2D eigenvalue weighted by Crippen LogP contribution is -2.37. The van der Waals surface area contributed by atoms with Gasteiger partial charge in [-0.3, -0.25) is 0 Å². The molecule has 0 bridgehead atoms. The van der Waals surface area contributed by atoms with E-state index in [2.05, 4.69) is 5.32 Å². The zero-order chi connectivity index (χ0) is 24.6. The Morgan fingerprint density at radius 1 is 1.06 bits per heavy atom. The third-order valence-corrected chi connectivity index (χ3v) is 6.40. The number of amides is 1. The predicted octanol–water partition coefficient (Wildman–Crippen LogP) is 5.40. The number of carbonyl (C=O) groups is 1. The summed E-state index contributed by atoms with van der Waals surface area (Å²) in [6, 6.07) is 13.8. The van der Waals surface area contributed by atoms with Crippen LogP contribution in [-0.2, 0) is 0 Å². The minimum Gasteiger partial charge on any atom is -0.493 e. The van der Waals surface area contributed by atoms with Crippen LogP contribution in [0.2, 0.25) is 0 Å². The van der Waals surface area contributed by atoms with Crippen LogP contribution in [0.15, 0.2) is 42.5 Å². The first-order valence-corrected chi connectivity index (χ1v) is 12.0. The van der Waals surface area contributed by atoms with Crippen molar-refractivity contribution in [2.24, 2.45) is 5.92 Å². The quantitative estimate of drug-likeness (QED) is 0.399. The molecule has 1 amide bonds. The number of rotatable bonds is 9. The lowest BCUT2D eigenvalue weighted by atomic mass is 9.92. The van der Waals surface area contributed by atoms with Crippen LogP contribution >= 0.6 is 0 Å². The summed E-state index contributed by atoms with van der Waals surface area (Å²) < 4.78 is 10.9. The lowest BCUT2D eigenvalue weighted by molar-refractivity contribution is 0.123. The van der Waals surface area contributed by atoms with Crippen molar-refractivity contribution in [3.63, 3.8) is 0 Å². The van der Waals surface area contributed by atoms with E-state index >= 15 is 0 Å². The smallest absolute Gasteiger partial charge is 0.407 e. The first-order valence-electron chi connectivity index (χ1n) is 12.0. The molecule has 4 rings (SSSR count). The molecule has 2 N–H and O–H groups in total. The highest BCUT2D eigenvalue weighted by atomic mass is 16.5. The maximum absolute atomic E-state index is 11.1. The van der Waals surface area contributed by atoms with E-state index in [1.54, 1.807) is 14.2 Å². The standard InChI is InChI=1S/C27H32N4O4/c1-34-24-17-22-23(18-25(24)35-2)30-26(21(29-22)11-10-19-7-4-3-5-8-19)28-14-6-9-20-12-15-31(16-13-20)27(32)33/h3-5,7-8,10-11,17-18,20H,6,9,12-16H2,1-2H3,(H,28,30)(H,32,33)/b11-10+. The second kappa shape index (κ2) is 11.6. The molecule has 0 aliphatic carbocycles. The summed E-state index contributed by atoms with van der Waals surface area (Å²) in [6.07, 6.45) is 7.07. The topological polar surface area (TPSA) is 96.8 Å². The Bertz CT molecular complexity index is 1170. The molecule has 0 saturated carbocycles. The van der Waals surface area contributed by atoms with E-state index < -0.39 is 6.09 Å². The van der Waals surface area contributed by atoms with Crippen molar-refractivity contribution < 1.29 is 19.4 Å². The summed E-state index contributed by atoms with van der Waals surface area (Å²) in [4.78, 5) is 22.3. The zero-order valence-corrected chi connectivity index (χ0v) is 20.2. The third kappa shape index (κ3) is 6.20. The molecule has 3 aromatic rings. The van der Waals surface area contributed by atoms with Crippen LogP contribution < -0.4 is 14.8 Å². The lowest BCUT2D eigenvalue weighted by Gasteiger charge is -2.29. The number of anilines is 1. The van der Waals surface area contributed by atoms with Gasteiger partial charge >= 0.3 is 6.09 Å². The molecule has 1 aliphatic rings. The molecule has 2 aromatic carbocycles. The average Bonchev–Trinajstić information content (AvgIpc) is 2.89. The molecule has 1 saturated heterocycles. The molecule has 8 heteroatoms. The van der Waals surface area contributed by atoms with Gasteiger partial charge in [-0.15, -0.1) is 0 Å². The highest BCUT2D eigenvalue weighted by Crippen LogP contribution is 2.32. The Hall–Kier alpha value is -3.81. The number of methoxy groups -OCH3 is 2. The maximum Gasteiger partial charge on any atom is 0.407 e. The summed E-state index contributed by atoms with van der Waals surface area (Å²) in [6.45, 7) is 2.02. The highest BCUT2D eigenvalue weighted by Gasteiger charge is 2.21. The zero-order valence-electron chi connectivity index (χ0n) is 20.2. The van der Waals surface area contributed by atoms with Gasteiger partial charge in [0.15, 0.2) is 17.3 Å². The van der Waals surface area contributed by atoms with Gasteiger partial charge in [0, 0.05) is 31.8 Å². The van der Waals surface area contributed by atoms with Crippen LogP contribution in [0.3, 0.4) is 0 Å². The Morgan fingerprint density at radius 3 is 2.34 bits per heavy atom. The number of aromatic nitrogens is 2. The number of carboxylic acid groups (broad SMARTS) is 1. The minimum atomic E-state index is -0.815. The van der Waals surface area contributed by atoms with Gasteiger partial charge < -0.3 is 24.8 Å². The fourth-order valence-corrected chi connectivity index (χ4v) is 4.39. The van der Waals surface area contributed by atoms with Crippen molar-refractivity contribution >= 4 is 35.1 Å². The molecule has 184 valence electrons. The van der Waals surface area contributed by atoms with Gasteiger partial charge in [0.1, 0.15) is 5.69 Å². The van der Waals surface area contributed by atoms with Crippen LogP contribution in [0.25, 0.3) is 23.2 Å². The van der Waals surface area contributed by atoms with Crippen LogP contribution in [-0.4, -0.2) is 59.9 Å². The van der Waals surface area contributed by atoms with Gasteiger partial charge in [-0.25, -0.2) is 14.8 Å². The number of benzene rings is 2. The Kier molecular flexibility index (Phi) is 8.03. The molecule has 0 atom stereocenters. The van der Waals surface area contributed by atoms with E-state index in [1.165, 1.54) is 4.90 Å². The van der Waals surface area contributed by atoms with Gasteiger partial charge in [0.2, 0.25) is 0 Å². The minimum absolute atomic E-state index is 0.560. The predicted molar refractivity (Wildman–Crippen MR) is 138 cm³/mol. The largest absolute Gasteiger partial charge is 0.493 e. The van der Waals surface area contributed by atoms with Crippen LogP contribution in [0.1, 0.15) is 36.9 Å². The van der Waals surface area contributed by atoms with Gasteiger partial charge in [0.05, 0.1) is 25.3 Å². The van der Waals surface area contributed by atoms with Crippen molar-refractivity contribution in [2.75, 3.05) is 39.2 Å². The molecule has 2 heterocycles. The van der Waals surface area contributed by atoms with Crippen molar-refractivity contribution in [3.8, 4) is 11.5 Å². The summed E-state index contributed by atoms with van der Waals surface area (Å²) in [5.74, 6) is 2.50. The number of ether oxygens (including phenoxy) is 2. The molecule has 8 nitrogen and oxygen atoms in total. The second-order valence-electron chi connectivity index (χ2n) is 8.68. The Balaban J connectivity index is 1.49. The maximum atomic E-state index is 11.1. The normalized spacial score (nSPS) is 14.4. The number of hydrogen-bond donors (Lipinski definition) is 2. The SMILES string of the molecule is COc1cc2nc(/C=C/c3ccccc3)c(NCCCC3CCN(C(=O)O)CC3)nc2cc1OC. The van der Waals surface area contributed by atoms with Crippen molar-refractivity contribution in [2.45, 2.75) is 25.7 Å². The Morgan fingerprint density at radius 2 is 1.71 bits per heavy atom. The molecule has 35 heavy (non-hydrogen) atoms. The number of hydrogen-bond acceptors (Lipinski definition) is 6. The fraction of sp³-hybridized carbons (Fsp3) is 0.370. The van der Waals surface area contributed by atoms with E-state index in [1.807, 2.05) is 54.6 Å².